The Kier molecular flexibility index (Phi) is 5.66. The van der Waals surface area contributed by atoms with E-state index < -0.39 is 23.6 Å². The molecule has 0 radical (unpaired) electrons. The number of primary amides is 1. The number of Topliss-reactive ketones (excluding diaryl/α,β-unsaturated/α-hetero) is 1. The van der Waals surface area contributed by atoms with Gasteiger partial charge in [-0.15, -0.1) is 0 Å². The topological polar surface area (TPSA) is 107 Å². The summed E-state index contributed by atoms with van der Waals surface area (Å²) >= 11 is 0. The summed E-state index contributed by atoms with van der Waals surface area (Å²) in [5.74, 6) is -1.82. The third-order valence-corrected chi connectivity index (χ3v) is 5.43. The minimum atomic E-state index is -1.08. The number of amides is 2. The molecule has 4 rings (SSSR count). The van der Waals surface area contributed by atoms with Crippen molar-refractivity contribution in [3.05, 3.63) is 77.5 Å². The zero-order chi connectivity index (χ0) is 22.0. The van der Waals surface area contributed by atoms with Crippen LogP contribution >= 0.6 is 0 Å². The van der Waals surface area contributed by atoms with Gasteiger partial charge in [-0.25, -0.2) is 0 Å². The predicted molar refractivity (Wildman–Crippen MR) is 116 cm³/mol. The first-order chi connectivity index (χ1) is 14.9. The molecule has 2 aromatic carbocycles. The number of nitrogens with one attached hydrogen (secondary N) is 1. The molecular formula is C24H24N4O3. The fourth-order valence-electron chi connectivity index (χ4n) is 3.69. The molecule has 1 heterocycles. The zero-order valence-electron chi connectivity index (χ0n) is 17.2. The van der Waals surface area contributed by atoms with Crippen molar-refractivity contribution in [2.24, 2.45) is 12.8 Å². The molecule has 3 N–H and O–H groups in total. The Morgan fingerprint density at radius 1 is 1.13 bits per heavy atom. The molecule has 0 aliphatic heterocycles. The fraction of sp³-hybridized carbons (Fsp3) is 0.250. The molecule has 1 aromatic heterocycles. The number of ketones is 1. The molecule has 0 spiro atoms. The fourth-order valence-corrected chi connectivity index (χ4v) is 3.69. The van der Waals surface area contributed by atoms with E-state index in [0.29, 0.717) is 17.2 Å². The highest BCUT2D eigenvalue weighted by Gasteiger charge is 2.28. The highest BCUT2D eigenvalue weighted by atomic mass is 16.2. The van der Waals surface area contributed by atoms with Crippen molar-refractivity contribution in [1.82, 2.24) is 15.1 Å². The third kappa shape index (κ3) is 4.71. The lowest BCUT2D eigenvalue weighted by Gasteiger charge is -2.16. The molecule has 1 atom stereocenters. The molecule has 31 heavy (non-hydrogen) atoms. The monoisotopic (exact) mass is 416 g/mol. The van der Waals surface area contributed by atoms with Gasteiger partial charge in [0.15, 0.2) is 0 Å². The van der Waals surface area contributed by atoms with Crippen LogP contribution in [0.2, 0.25) is 0 Å². The van der Waals surface area contributed by atoms with Crippen LogP contribution in [0.3, 0.4) is 0 Å². The molecule has 0 unspecified atom stereocenters. The van der Waals surface area contributed by atoms with Crippen LogP contribution in [0, 0.1) is 0 Å². The summed E-state index contributed by atoms with van der Waals surface area (Å²) in [7, 11) is 1.74. The number of rotatable bonds is 8. The van der Waals surface area contributed by atoms with Crippen LogP contribution in [0.25, 0.3) is 11.3 Å². The number of nitrogens with two attached hydrogens (primary N) is 1. The Morgan fingerprint density at radius 3 is 2.55 bits per heavy atom. The van der Waals surface area contributed by atoms with Crippen LogP contribution in [-0.2, 0) is 23.1 Å². The minimum absolute atomic E-state index is 0.168. The number of nitrogens with zero attached hydrogens (tertiary/aromatic N) is 2. The van der Waals surface area contributed by atoms with Crippen LogP contribution in [0.5, 0.6) is 0 Å². The first-order valence-corrected chi connectivity index (χ1v) is 10.2. The van der Waals surface area contributed by atoms with E-state index in [1.807, 2.05) is 42.5 Å². The Morgan fingerprint density at radius 2 is 1.87 bits per heavy atom. The first-order valence-electron chi connectivity index (χ1n) is 10.2. The average molecular weight is 416 g/mol. The maximum absolute atomic E-state index is 13.1. The molecule has 0 saturated heterocycles. The number of carbonyl (C=O) groups is 3. The molecule has 1 saturated carbocycles. The van der Waals surface area contributed by atoms with Crippen molar-refractivity contribution in [2.75, 3.05) is 0 Å². The van der Waals surface area contributed by atoms with Gasteiger partial charge in [0.1, 0.15) is 11.7 Å². The summed E-state index contributed by atoms with van der Waals surface area (Å²) in [6.45, 7) is 0. The third-order valence-electron chi connectivity index (χ3n) is 5.43. The van der Waals surface area contributed by atoms with Crippen LogP contribution in [-0.4, -0.2) is 33.4 Å². The van der Waals surface area contributed by atoms with E-state index in [1.54, 1.807) is 17.9 Å². The molecule has 1 fully saturated rings. The van der Waals surface area contributed by atoms with E-state index in [1.165, 1.54) is 18.4 Å². The molecule has 3 aromatic rings. The molecular weight excluding hydrogens is 392 g/mol. The maximum Gasteiger partial charge on any atom is 0.287 e. The van der Waals surface area contributed by atoms with Gasteiger partial charge in [0.05, 0.1) is 5.56 Å². The maximum atomic E-state index is 13.1. The van der Waals surface area contributed by atoms with Crippen LogP contribution in [0.15, 0.2) is 60.8 Å². The van der Waals surface area contributed by atoms with Gasteiger partial charge in [-0.1, -0.05) is 48.5 Å². The second-order valence-corrected chi connectivity index (χ2v) is 7.91. The summed E-state index contributed by atoms with van der Waals surface area (Å²) in [5.41, 5.74) is 8.99. The van der Waals surface area contributed by atoms with Gasteiger partial charge in [0.2, 0.25) is 5.78 Å². The van der Waals surface area contributed by atoms with Crippen LogP contribution in [0.4, 0.5) is 0 Å². The van der Waals surface area contributed by atoms with Gasteiger partial charge in [-0.3, -0.25) is 19.1 Å². The molecule has 158 valence electrons. The summed E-state index contributed by atoms with van der Waals surface area (Å²) < 4.78 is 1.57. The SMILES string of the molecule is Cn1cc(C(=O)N[C@@H](Cc2ccccc2)C(=O)C(N)=O)c(-c2cccc(C3CC3)c2)n1. The lowest BCUT2D eigenvalue weighted by molar-refractivity contribution is -0.137. The second kappa shape index (κ2) is 8.55. The summed E-state index contributed by atoms with van der Waals surface area (Å²) in [5, 5.41) is 7.17. The lowest BCUT2D eigenvalue weighted by atomic mass is 10.00. The van der Waals surface area contributed by atoms with E-state index in [0.717, 1.165) is 11.1 Å². The van der Waals surface area contributed by atoms with Crippen molar-refractivity contribution >= 4 is 17.6 Å². The number of hydrogen-bond acceptors (Lipinski definition) is 4. The molecule has 1 aliphatic carbocycles. The van der Waals surface area contributed by atoms with Crippen molar-refractivity contribution in [2.45, 2.75) is 31.2 Å². The van der Waals surface area contributed by atoms with Gasteiger partial charge in [-0.2, -0.15) is 5.10 Å². The highest BCUT2D eigenvalue weighted by Crippen LogP contribution is 2.41. The number of benzene rings is 2. The van der Waals surface area contributed by atoms with Gasteiger partial charge in [0, 0.05) is 25.2 Å². The van der Waals surface area contributed by atoms with Crippen molar-refractivity contribution < 1.29 is 14.4 Å². The van der Waals surface area contributed by atoms with Crippen LogP contribution < -0.4 is 11.1 Å². The van der Waals surface area contributed by atoms with Gasteiger partial charge < -0.3 is 11.1 Å². The Hall–Kier alpha value is -3.74. The number of carbonyl (C=O) groups excluding carboxylic acids is 3. The standard InChI is InChI=1S/C24H24N4O3/c1-28-14-19(21(27-28)18-9-5-8-17(13-18)16-10-11-16)24(31)26-20(22(29)23(25)30)12-15-6-3-2-4-7-15/h2-9,13-14,16,20H,10-12H2,1H3,(H2,25,30)(H,26,31)/t20-/m0/s1. The van der Waals surface area contributed by atoms with Gasteiger partial charge in [0.25, 0.3) is 11.8 Å². The number of hydrogen-bond donors (Lipinski definition) is 2. The zero-order valence-corrected chi connectivity index (χ0v) is 17.2. The second-order valence-electron chi connectivity index (χ2n) is 7.91. The Balaban J connectivity index is 1.61. The van der Waals surface area contributed by atoms with Crippen molar-refractivity contribution in [1.29, 1.82) is 0 Å². The first kappa shape index (κ1) is 20.5. The van der Waals surface area contributed by atoms with E-state index in [9.17, 15) is 14.4 Å². The van der Waals surface area contributed by atoms with E-state index in [-0.39, 0.29) is 6.42 Å². The number of aromatic nitrogens is 2. The minimum Gasteiger partial charge on any atom is -0.363 e. The van der Waals surface area contributed by atoms with Crippen LogP contribution in [0.1, 0.15) is 40.2 Å². The molecule has 1 aliphatic rings. The van der Waals surface area contributed by atoms with Gasteiger partial charge >= 0.3 is 0 Å². The Labute approximate surface area is 180 Å². The summed E-state index contributed by atoms with van der Waals surface area (Å²) in [4.78, 5) is 37.1. The molecule has 7 heteroatoms. The number of aryl methyl sites for hydroxylation is 1. The lowest BCUT2D eigenvalue weighted by Crippen LogP contribution is -2.47. The molecule has 7 nitrogen and oxygen atoms in total. The van der Waals surface area contributed by atoms with Gasteiger partial charge in [-0.05, 0) is 36.0 Å². The summed E-state index contributed by atoms with van der Waals surface area (Å²) in [6, 6.07) is 16.1. The predicted octanol–water partition coefficient (Wildman–Crippen LogP) is 2.36. The van der Waals surface area contributed by atoms with E-state index in [4.69, 9.17) is 5.73 Å². The van der Waals surface area contributed by atoms with E-state index >= 15 is 0 Å². The summed E-state index contributed by atoms with van der Waals surface area (Å²) in [6.07, 6.45) is 4.13. The molecule has 2 amide bonds. The molecule has 0 bridgehead atoms. The van der Waals surface area contributed by atoms with Crippen molar-refractivity contribution in [3.8, 4) is 11.3 Å². The normalized spacial score (nSPS) is 14.1. The Bertz CT molecular complexity index is 1130. The van der Waals surface area contributed by atoms with E-state index in [2.05, 4.69) is 22.5 Å². The smallest absolute Gasteiger partial charge is 0.287 e. The highest BCUT2D eigenvalue weighted by molar-refractivity contribution is 6.38. The quantitative estimate of drug-likeness (QED) is 0.550. The average Bonchev–Trinajstić information content (AvgIpc) is 3.55. The largest absolute Gasteiger partial charge is 0.363 e. The van der Waals surface area contributed by atoms with Crippen molar-refractivity contribution in [3.63, 3.8) is 0 Å².